The van der Waals surface area contributed by atoms with E-state index in [1.807, 2.05) is 0 Å². The molecule has 22 heavy (non-hydrogen) atoms. The fourth-order valence-corrected chi connectivity index (χ4v) is 2.76. The van der Waals surface area contributed by atoms with E-state index in [4.69, 9.17) is 0 Å². The molecule has 2 heterocycles. The summed E-state index contributed by atoms with van der Waals surface area (Å²) in [6, 6.07) is 11.5. The number of benzene rings is 1. The van der Waals surface area contributed by atoms with Crippen molar-refractivity contribution in [3.05, 3.63) is 63.8 Å². The van der Waals surface area contributed by atoms with Gasteiger partial charge in [-0.1, -0.05) is 24.3 Å². The van der Waals surface area contributed by atoms with E-state index in [0.717, 1.165) is 26.1 Å². The van der Waals surface area contributed by atoms with E-state index in [2.05, 4.69) is 39.5 Å². The number of nitrogens with one attached hydrogen (secondary N) is 1. The summed E-state index contributed by atoms with van der Waals surface area (Å²) in [6.07, 6.45) is 2.62. The minimum Gasteiger partial charge on any atom is -0.363 e. The molecule has 1 aromatic heterocycles. The van der Waals surface area contributed by atoms with Crippen LogP contribution >= 0.6 is 0 Å². The predicted octanol–water partition coefficient (Wildman–Crippen LogP) is 2.46. The monoisotopic (exact) mass is 298 g/mol. The third-order valence-corrected chi connectivity index (χ3v) is 3.91. The van der Waals surface area contributed by atoms with Crippen LogP contribution in [0.3, 0.4) is 0 Å². The van der Waals surface area contributed by atoms with Gasteiger partial charge in [-0.15, -0.1) is 0 Å². The van der Waals surface area contributed by atoms with Crippen molar-refractivity contribution in [3.8, 4) is 0 Å². The van der Waals surface area contributed by atoms with Crippen LogP contribution in [0.2, 0.25) is 0 Å². The van der Waals surface area contributed by atoms with Crippen LogP contribution in [0.5, 0.6) is 0 Å². The lowest BCUT2D eigenvalue weighted by Gasteiger charge is -2.28. The Kier molecular flexibility index (Phi) is 4.29. The summed E-state index contributed by atoms with van der Waals surface area (Å²) in [4.78, 5) is 16.9. The van der Waals surface area contributed by atoms with Gasteiger partial charge in [0.15, 0.2) is 0 Å². The van der Waals surface area contributed by atoms with E-state index in [0.29, 0.717) is 12.4 Å². The molecule has 0 fully saturated rings. The maximum Gasteiger partial charge on any atom is 0.311 e. The van der Waals surface area contributed by atoms with Crippen LogP contribution in [0.4, 0.5) is 11.5 Å². The number of aromatic nitrogens is 1. The molecule has 0 atom stereocenters. The first-order valence-corrected chi connectivity index (χ1v) is 7.36. The summed E-state index contributed by atoms with van der Waals surface area (Å²) < 4.78 is 0. The molecule has 0 saturated carbocycles. The molecule has 0 saturated heterocycles. The molecule has 0 bridgehead atoms. The van der Waals surface area contributed by atoms with Crippen molar-refractivity contribution in [2.45, 2.75) is 13.0 Å². The lowest BCUT2D eigenvalue weighted by molar-refractivity contribution is -0.384. The van der Waals surface area contributed by atoms with E-state index < -0.39 is 4.92 Å². The highest BCUT2D eigenvalue weighted by Crippen LogP contribution is 2.21. The Hall–Kier alpha value is -2.47. The van der Waals surface area contributed by atoms with Gasteiger partial charge in [-0.25, -0.2) is 4.98 Å². The molecule has 0 spiro atoms. The van der Waals surface area contributed by atoms with Crippen molar-refractivity contribution >= 4 is 11.5 Å². The molecular formula is C16H18N4O2. The van der Waals surface area contributed by atoms with Gasteiger partial charge < -0.3 is 5.32 Å². The van der Waals surface area contributed by atoms with Crippen LogP contribution in [0, 0.1) is 10.1 Å². The molecule has 0 aliphatic carbocycles. The van der Waals surface area contributed by atoms with Crippen molar-refractivity contribution in [2.24, 2.45) is 0 Å². The maximum atomic E-state index is 10.9. The fourth-order valence-electron chi connectivity index (χ4n) is 2.76. The van der Waals surface area contributed by atoms with Gasteiger partial charge in [0.2, 0.25) is 5.82 Å². The smallest absolute Gasteiger partial charge is 0.311 e. The third-order valence-electron chi connectivity index (χ3n) is 3.91. The highest BCUT2D eigenvalue weighted by molar-refractivity contribution is 5.54. The van der Waals surface area contributed by atoms with Crippen LogP contribution in [0.25, 0.3) is 0 Å². The summed E-state index contributed by atoms with van der Waals surface area (Å²) in [7, 11) is 0. The zero-order valence-electron chi connectivity index (χ0n) is 12.2. The predicted molar refractivity (Wildman–Crippen MR) is 84.8 cm³/mol. The van der Waals surface area contributed by atoms with E-state index in [9.17, 15) is 10.1 Å². The van der Waals surface area contributed by atoms with Gasteiger partial charge in [-0.2, -0.15) is 0 Å². The summed E-state index contributed by atoms with van der Waals surface area (Å²) in [6.45, 7) is 3.42. The topological polar surface area (TPSA) is 71.3 Å². The Morgan fingerprint density at radius 2 is 2.05 bits per heavy atom. The maximum absolute atomic E-state index is 10.9. The summed E-state index contributed by atoms with van der Waals surface area (Å²) in [5.74, 6) is 0.338. The van der Waals surface area contributed by atoms with E-state index in [1.54, 1.807) is 12.3 Å². The molecule has 0 radical (unpaired) electrons. The second-order valence-electron chi connectivity index (χ2n) is 5.35. The number of pyridine rings is 1. The molecule has 1 aromatic carbocycles. The van der Waals surface area contributed by atoms with E-state index in [-0.39, 0.29) is 5.69 Å². The molecule has 114 valence electrons. The Bertz CT molecular complexity index is 675. The van der Waals surface area contributed by atoms with Crippen LogP contribution < -0.4 is 5.32 Å². The molecule has 0 amide bonds. The summed E-state index contributed by atoms with van der Waals surface area (Å²) >= 11 is 0. The number of hydrogen-bond acceptors (Lipinski definition) is 5. The zero-order valence-corrected chi connectivity index (χ0v) is 12.2. The number of nitro groups is 1. The zero-order chi connectivity index (χ0) is 15.4. The lowest BCUT2D eigenvalue weighted by atomic mass is 10.00. The lowest BCUT2D eigenvalue weighted by Crippen LogP contribution is -2.34. The number of hydrogen-bond donors (Lipinski definition) is 1. The summed E-state index contributed by atoms with van der Waals surface area (Å²) in [5.41, 5.74) is 2.82. The first-order valence-electron chi connectivity index (χ1n) is 7.36. The average molecular weight is 298 g/mol. The van der Waals surface area contributed by atoms with Crippen molar-refractivity contribution in [1.29, 1.82) is 0 Å². The van der Waals surface area contributed by atoms with Crippen LogP contribution in [0.15, 0.2) is 42.6 Å². The number of anilines is 1. The van der Waals surface area contributed by atoms with Gasteiger partial charge in [-0.05, 0) is 23.6 Å². The highest BCUT2D eigenvalue weighted by Gasteiger charge is 2.16. The Balaban J connectivity index is 1.55. The Labute approximate surface area is 128 Å². The first-order chi connectivity index (χ1) is 10.7. The number of rotatable bonds is 5. The Morgan fingerprint density at radius 1 is 1.23 bits per heavy atom. The molecule has 6 heteroatoms. The minimum atomic E-state index is -0.410. The van der Waals surface area contributed by atoms with E-state index >= 15 is 0 Å². The summed E-state index contributed by atoms with van der Waals surface area (Å²) in [5, 5.41) is 14.0. The Morgan fingerprint density at radius 3 is 2.86 bits per heavy atom. The second kappa shape index (κ2) is 6.53. The van der Waals surface area contributed by atoms with Crippen LogP contribution in [-0.4, -0.2) is 34.4 Å². The standard InChI is InChI=1S/C16H18N4O2/c21-20(22)15-6-3-8-17-16(15)18-9-11-19-10-7-13-4-1-2-5-14(13)12-19/h1-6,8H,7,9-12H2,(H,17,18). The van der Waals surface area contributed by atoms with Gasteiger partial charge >= 0.3 is 5.69 Å². The van der Waals surface area contributed by atoms with Gasteiger partial charge in [0.25, 0.3) is 0 Å². The molecule has 1 aliphatic heterocycles. The van der Waals surface area contributed by atoms with Crippen molar-refractivity contribution < 1.29 is 4.92 Å². The van der Waals surface area contributed by atoms with Crippen LogP contribution in [0.1, 0.15) is 11.1 Å². The van der Waals surface area contributed by atoms with Gasteiger partial charge in [-0.3, -0.25) is 15.0 Å². The molecule has 1 aliphatic rings. The van der Waals surface area contributed by atoms with Crippen molar-refractivity contribution in [2.75, 3.05) is 25.0 Å². The van der Waals surface area contributed by atoms with Gasteiger partial charge in [0.05, 0.1) is 4.92 Å². The molecule has 6 nitrogen and oxygen atoms in total. The SMILES string of the molecule is O=[N+]([O-])c1cccnc1NCCN1CCc2ccccc2C1. The third kappa shape index (κ3) is 3.23. The minimum absolute atomic E-state index is 0.0199. The second-order valence-corrected chi connectivity index (χ2v) is 5.35. The van der Waals surface area contributed by atoms with Gasteiger partial charge in [0.1, 0.15) is 0 Å². The molecule has 3 rings (SSSR count). The van der Waals surface area contributed by atoms with Crippen molar-refractivity contribution in [3.63, 3.8) is 0 Å². The quantitative estimate of drug-likeness (QED) is 0.678. The normalized spacial score (nSPS) is 14.4. The molecule has 0 unspecified atom stereocenters. The van der Waals surface area contributed by atoms with Crippen molar-refractivity contribution in [1.82, 2.24) is 9.88 Å². The molecule has 2 aromatic rings. The molecular weight excluding hydrogens is 280 g/mol. The average Bonchev–Trinajstić information content (AvgIpc) is 2.55. The number of nitrogens with zero attached hydrogens (tertiary/aromatic N) is 3. The molecule has 1 N–H and O–H groups in total. The largest absolute Gasteiger partial charge is 0.363 e. The van der Waals surface area contributed by atoms with Crippen LogP contribution in [-0.2, 0) is 13.0 Å². The number of fused-ring (bicyclic) bond motifs is 1. The fraction of sp³-hybridized carbons (Fsp3) is 0.312. The first kappa shape index (κ1) is 14.5. The van der Waals surface area contributed by atoms with E-state index in [1.165, 1.54) is 17.2 Å². The highest BCUT2D eigenvalue weighted by atomic mass is 16.6. The van der Waals surface area contributed by atoms with Gasteiger partial charge in [0, 0.05) is 38.4 Å².